The van der Waals surface area contributed by atoms with Gasteiger partial charge in [-0.1, -0.05) is 31.0 Å². The second kappa shape index (κ2) is 5.01. The maximum atomic E-state index is 11.1. The molecular weight excluding hydrogens is 202 g/mol. The van der Waals surface area contributed by atoms with Gasteiger partial charge in [-0.15, -0.1) is 0 Å². The normalized spacial score (nSPS) is 25.0. The third-order valence-corrected chi connectivity index (χ3v) is 3.21. The van der Waals surface area contributed by atoms with Gasteiger partial charge in [0.05, 0.1) is 5.92 Å². The predicted molar refractivity (Wildman–Crippen MR) is 63.4 cm³/mol. The molecule has 0 bridgehead atoms. The Morgan fingerprint density at radius 1 is 1.19 bits per heavy atom. The number of carboxylic acids is 1. The molecule has 1 aromatic rings. The number of aliphatic carboxylic acids is 1. The summed E-state index contributed by atoms with van der Waals surface area (Å²) < 4.78 is 0. The van der Waals surface area contributed by atoms with Crippen LogP contribution in [-0.2, 0) is 4.79 Å². The third kappa shape index (κ3) is 2.54. The van der Waals surface area contributed by atoms with Crippen molar-refractivity contribution in [2.75, 3.05) is 5.32 Å². The van der Waals surface area contributed by atoms with Gasteiger partial charge in [-0.2, -0.15) is 0 Å². The second-order valence-electron chi connectivity index (χ2n) is 4.35. The molecule has 0 amide bonds. The summed E-state index contributed by atoms with van der Waals surface area (Å²) in [4.78, 5) is 11.1. The zero-order valence-corrected chi connectivity index (χ0v) is 9.23. The number of rotatable bonds is 3. The van der Waals surface area contributed by atoms with Crippen molar-refractivity contribution >= 4 is 11.7 Å². The minimum absolute atomic E-state index is 0.0775. The standard InChI is InChI=1S/C13H17NO2/c15-13(16)11-8-4-5-9-12(11)14-10-6-2-1-3-7-10/h1-3,6-7,11-12,14H,4-5,8-9H2,(H,15,16)/t11-,12+/m1/s1. The van der Waals surface area contributed by atoms with Gasteiger partial charge in [0.2, 0.25) is 0 Å². The molecule has 1 aliphatic carbocycles. The maximum Gasteiger partial charge on any atom is 0.308 e. The first-order valence-electron chi connectivity index (χ1n) is 5.82. The number of carboxylic acid groups (broad SMARTS) is 1. The minimum atomic E-state index is -0.673. The Bertz CT molecular complexity index is 350. The predicted octanol–water partition coefficient (Wildman–Crippen LogP) is 2.74. The van der Waals surface area contributed by atoms with E-state index in [1.54, 1.807) is 0 Å². The van der Waals surface area contributed by atoms with Crippen molar-refractivity contribution in [3.05, 3.63) is 30.3 Å². The minimum Gasteiger partial charge on any atom is -0.481 e. The molecule has 1 aliphatic rings. The molecule has 0 saturated heterocycles. The van der Waals surface area contributed by atoms with Gasteiger partial charge in [0, 0.05) is 11.7 Å². The van der Waals surface area contributed by atoms with Crippen LogP contribution in [0.1, 0.15) is 25.7 Å². The van der Waals surface area contributed by atoms with Gasteiger partial charge in [0.15, 0.2) is 0 Å². The van der Waals surface area contributed by atoms with Gasteiger partial charge in [0.25, 0.3) is 0 Å². The summed E-state index contributed by atoms with van der Waals surface area (Å²) in [6.07, 6.45) is 3.89. The Kier molecular flexibility index (Phi) is 3.44. The summed E-state index contributed by atoms with van der Waals surface area (Å²) >= 11 is 0. The molecule has 16 heavy (non-hydrogen) atoms. The molecule has 0 aliphatic heterocycles. The van der Waals surface area contributed by atoms with Crippen LogP contribution in [0.25, 0.3) is 0 Å². The van der Waals surface area contributed by atoms with E-state index in [-0.39, 0.29) is 12.0 Å². The fourth-order valence-electron chi connectivity index (χ4n) is 2.35. The molecule has 3 nitrogen and oxygen atoms in total. The van der Waals surface area contributed by atoms with Crippen LogP contribution in [0.5, 0.6) is 0 Å². The van der Waals surface area contributed by atoms with Gasteiger partial charge in [-0.3, -0.25) is 4.79 Å². The number of para-hydroxylation sites is 1. The number of carbonyl (C=O) groups is 1. The van der Waals surface area contributed by atoms with E-state index in [1.165, 1.54) is 0 Å². The molecule has 2 N–H and O–H groups in total. The third-order valence-electron chi connectivity index (χ3n) is 3.21. The summed E-state index contributed by atoms with van der Waals surface area (Å²) in [5.41, 5.74) is 1.01. The Hall–Kier alpha value is -1.51. The summed E-state index contributed by atoms with van der Waals surface area (Å²) in [6.45, 7) is 0. The molecule has 3 heteroatoms. The van der Waals surface area contributed by atoms with Crippen molar-refractivity contribution in [2.24, 2.45) is 5.92 Å². The fraction of sp³-hybridized carbons (Fsp3) is 0.462. The average molecular weight is 219 g/mol. The molecule has 0 aromatic heterocycles. The highest BCUT2D eigenvalue weighted by Crippen LogP contribution is 2.27. The van der Waals surface area contributed by atoms with Crippen LogP contribution in [0, 0.1) is 5.92 Å². The lowest BCUT2D eigenvalue weighted by Crippen LogP contribution is -2.37. The van der Waals surface area contributed by atoms with E-state index < -0.39 is 5.97 Å². The second-order valence-corrected chi connectivity index (χ2v) is 4.35. The molecule has 0 spiro atoms. The fourth-order valence-corrected chi connectivity index (χ4v) is 2.35. The Labute approximate surface area is 95.5 Å². The molecule has 86 valence electrons. The van der Waals surface area contributed by atoms with Crippen LogP contribution in [0.15, 0.2) is 30.3 Å². The van der Waals surface area contributed by atoms with E-state index in [2.05, 4.69) is 5.32 Å². The highest BCUT2D eigenvalue weighted by atomic mass is 16.4. The van der Waals surface area contributed by atoms with Crippen molar-refractivity contribution < 1.29 is 9.90 Å². The highest BCUT2D eigenvalue weighted by molar-refractivity contribution is 5.71. The SMILES string of the molecule is O=C(O)[C@@H]1CCCC[C@@H]1Nc1ccccc1. The van der Waals surface area contributed by atoms with Gasteiger partial charge in [-0.05, 0) is 25.0 Å². The van der Waals surface area contributed by atoms with E-state index in [9.17, 15) is 4.79 Å². The summed E-state index contributed by atoms with van der Waals surface area (Å²) in [6, 6.07) is 9.91. The average Bonchev–Trinajstić information content (AvgIpc) is 2.31. The number of benzene rings is 1. The van der Waals surface area contributed by atoms with Crippen LogP contribution in [-0.4, -0.2) is 17.1 Å². The Morgan fingerprint density at radius 2 is 1.88 bits per heavy atom. The van der Waals surface area contributed by atoms with Gasteiger partial charge in [0.1, 0.15) is 0 Å². The smallest absolute Gasteiger partial charge is 0.308 e. The molecule has 0 unspecified atom stereocenters. The molecule has 2 atom stereocenters. The first kappa shape index (κ1) is 11.0. The van der Waals surface area contributed by atoms with E-state index in [0.717, 1.165) is 31.4 Å². The van der Waals surface area contributed by atoms with Crippen molar-refractivity contribution in [2.45, 2.75) is 31.7 Å². The summed E-state index contributed by atoms with van der Waals surface area (Å²) in [7, 11) is 0. The van der Waals surface area contributed by atoms with Crippen molar-refractivity contribution in [1.82, 2.24) is 0 Å². The first-order valence-corrected chi connectivity index (χ1v) is 5.82. The molecule has 1 fully saturated rings. The van der Waals surface area contributed by atoms with E-state index >= 15 is 0 Å². The Morgan fingerprint density at radius 3 is 2.56 bits per heavy atom. The van der Waals surface area contributed by atoms with Crippen LogP contribution in [0.2, 0.25) is 0 Å². The van der Waals surface area contributed by atoms with E-state index in [0.29, 0.717) is 0 Å². The lowest BCUT2D eigenvalue weighted by atomic mass is 9.84. The van der Waals surface area contributed by atoms with Crippen molar-refractivity contribution in [3.63, 3.8) is 0 Å². The van der Waals surface area contributed by atoms with Gasteiger partial charge >= 0.3 is 5.97 Å². The lowest BCUT2D eigenvalue weighted by Gasteiger charge is -2.30. The number of hydrogen-bond acceptors (Lipinski definition) is 2. The van der Waals surface area contributed by atoms with Crippen LogP contribution in [0.3, 0.4) is 0 Å². The molecule has 0 radical (unpaired) electrons. The largest absolute Gasteiger partial charge is 0.481 e. The molecule has 1 saturated carbocycles. The summed E-state index contributed by atoms with van der Waals surface area (Å²) in [5, 5.41) is 12.5. The first-order chi connectivity index (χ1) is 7.77. The highest BCUT2D eigenvalue weighted by Gasteiger charge is 2.30. The molecular formula is C13H17NO2. The van der Waals surface area contributed by atoms with Gasteiger partial charge in [-0.25, -0.2) is 0 Å². The molecule has 2 rings (SSSR count). The van der Waals surface area contributed by atoms with Gasteiger partial charge < -0.3 is 10.4 Å². The monoisotopic (exact) mass is 219 g/mol. The van der Waals surface area contributed by atoms with Crippen molar-refractivity contribution in [3.8, 4) is 0 Å². The zero-order chi connectivity index (χ0) is 11.4. The van der Waals surface area contributed by atoms with Crippen LogP contribution < -0.4 is 5.32 Å². The number of anilines is 1. The zero-order valence-electron chi connectivity index (χ0n) is 9.23. The molecule has 0 heterocycles. The quantitative estimate of drug-likeness (QED) is 0.821. The Balaban J connectivity index is 2.04. The summed E-state index contributed by atoms with van der Waals surface area (Å²) in [5.74, 6) is -0.915. The van der Waals surface area contributed by atoms with Crippen LogP contribution in [0.4, 0.5) is 5.69 Å². The van der Waals surface area contributed by atoms with E-state index in [1.807, 2.05) is 30.3 Å². The van der Waals surface area contributed by atoms with E-state index in [4.69, 9.17) is 5.11 Å². The lowest BCUT2D eigenvalue weighted by molar-refractivity contribution is -0.143. The molecule has 1 aromatic carbocycles. The number of hydrogen-bond donors (Lipinski definition) is 2. The van der Waals surface area contributed by atoms with Crippen LogP contribution >= 0.6 is 0 Å². The topological polar surface area (TPSA) is 49.3 Å². The number of nitrogens with one attached hydrogen (secondary N) is 1. The maximum absolute atomic E-state index is 11.1. The van der Waals surface area contributed by atoms with Crippen molar-refractivity contribution in [1.29, 1.82) is 0 Å².